The maximum Gasteiger partial charge on any atom is 0.323 e. The van der Waals surface area contributed by atoms with Crippen LogP contribution >= 0.6 is 0 Å². The lowest BCUT2D eigenvalue weighted by atomic mass is 9.92. The van der Waals surface area contributed by atoms with Gasteiger partial charge in [-0.2, -0.15) is 0 Å². The topological polar surface area (TPSA) is 251 Å². The molecule has 0 fully saturated rings. The first-order valence-electron chi connectivity index (χ1n) is 14.4. The molecule has 1 aliphatic heterocycles. The molecule has 0 saturated heterocycles. The predicted octanol–water partition coefficient (Wildman–Crippen LogP) is 1.65. The fourth-order valence-corrected chi connectivity index (χ4v) is 5.06. The zero-order valence-electron chi connectivity index (χ0n) is 25.6. The molecule has 5 N–H and O–H groups in total. The second-order valence-electron chi connectivity index (χ2n) is 10.4. The van der Waals surface area contributed by atoms with Crippen molar-refractivity contribution < 1.29 is 68.1 Å². The molecule has 17 heteroatoms. The number of aliphatic carboxylic acids is 4. The van der Waals surface area contributed by atoms with E-state index in [4.69, 9.17) is 28.8 Å². The summed E-state index contributed by atoms with van der Waals surface area (Å²) in [6.45, 7) is -2.93. The maximum atomic E-state index is 12.2. The number of hydrogen-bond donors (Lipinski definition) is 5. The zero-order chi connectivity index (χ0) is 35.7. The molecule has 258 valence electrons. The summed E-state index contributed by atoms with van der Waals surface area (Å²) in [7, 11) is 0. The van der Waals surface area contributed by atoms with Crippen LogP contribution in [0.1, 0.15) is 0 Å². The van der Waals surface area contributed by atoms with Crippen molar-refractivity contribution in [3.8, 4) is 39.7 Å². The molecular formula is C32H30N2O15. The number of rotatable bonds is 19. The van der Waals surface area contributed by atoms with Gasteiger partial charge < -0.3 is 49.1 Å². The van der Waals surface area contributed by atoms with Gasteiger partial charge in [0, 0.05) is 46.8 Å². The highest BCUT2D eigenvalue weighted by Gasteiger charge is 2.26. The molecule has 0 unspecified atom stereocenters. The number of carbonyl (C=O) groups excluding carboxylic acids is 1. The van der Waals surface area contributed by atoms with E-state index >= 15 is 0 Å². The number of nitrogens with zero attached hydrogens (tertiary/aromatic N) is 2. The molecule has 4 rings (SSSR count). The van der Waals surface area contributed by atoms with Crippen molar-refractivity contribution in [3.63, 3.8) is 0 Å². The maximum absolute atomic E-state index is 12.2. The number of carboxylic acid groups (broad SMARTS) is 4. The number of anilines is 1. The molecule has 49 heavy (non-hydrogen) atoms. The summed E-state index contributed by atoms with van der Waals surface area (Å²) >= 11 is 0. The van der Waals surface area contributed by atoms with Crippen LogP contribution < -0.4 is 19.8 Å². The molecular weight excluding hydrogens is 652 g/mol. The Morgan fingerprint density at radius 1 is 0.755 bits per heavy atom. The molecule has 0 atom stereocenters. The van der Waals surface area contributed by atoms with E-state index in [1.54, 1.807) is 0 Å². The SMILES string of the molecule is O=COc1cc(N(CC(=O)O)CC(=O)O)c(OCCOCCN(CC(=O)O)CC(=O)O)cc1-c1c2ccc(=O)cc-2oc2cc(O)ccc12. The number of phenolic OH excluding ortho intramolecular Hbond substituents is 1. The molecule has 0 radical (unpaired) electrons. The molecule has 0 amide bonds. The Morgan fingerprint density at radius 2 is 1.43 bits per heavy atom. The van der Waals surface area contributed by atoms with E-state index in [2.05, 4.69) is 0 Å². The Kier molecular flexibility index (Phi) is 11.7. The summed E-state index contributed by atoms with van der Waals surface area (Å²) in [6.07, 6.45) is 0. The Morgan fingerprint density at radius 3 is 2.06 bits per heavy atom. The highest BCUT2D eigenvalue weighted by Crippen LogP contribution is 2.47. The number of benzene rings is 3. The number of ether oxygens (including phenoxy) is 3. The van der Waals surface area contributed by atoms with Gasteiger partial charge in [-0.25, -0.2) is 0 Å². The van der Waals surface area contributed by atoms with E-state index in [9.17, 15) is 44.1 Å². The Hall–Kier alpha value is -6.20. The molecule has 0 spiro atoms. The highest BCUT2D eigenvalue weighted by atomic mass is 16.5. The van der Waals surface area contributed by atoms with Crippen LogP contribution in [0.15, 0.2) is 57.7 Å². The van der Waals surface area contributed by atoms with Crippen LogP contribution in [-0.4, -0.2) is 113 Å². The normalized spacial score (nSPS) is 11.0. The average molecular weight is 683 g/mol. The lowest BCUT2D eigenvalue weighted by Gasteiger charge is -2.26. The first-order valence-corrected chi connectivity index (χ1v) is 14.4. The summed E-state index contributed by atoms with van der Waals surface area (Å²) in [5, 5.41) is 47.6. The molecule has 0 bridgehead atoms. The summed E-state index contributed by atoms with van der Waals surface area (Å²) in [5.41, 5.74) is 0.635. The van der Waals surface area contributed by atoms with Crippen molar-refractivity contribution in [2.75, 3.05) is 57.4 Å². The van der Waals surface area contributed by atoms with Gasteiger partial charge >= 0.3 is 23.9 Å². The van der Waals surface area contributed by atoms with Crippen LogP contribution in [0, 0.1) is 0 Å². The van der Waals surface area contributed by atoms with Crippen molar-refractivity contribution in [2.24, 2.45) is 0 Å². The van der Waals surface area contributed by atoms with Crippen molar-refractivity contribution in [1.82, 2.24) is 4.90 Å². The van der Waals surface area contributed by atoms with Gasteiger partial charge in [-0.3, -0.25) is 33.7 Å². The molecule has 0 aromatic heterocycles. The van der Waals surface area contributed by atoms with Crippen LogP contribution in [-0.2, 0) is 28.7 Å². The number of carboxylic acids is 4. The van der Waals surface area contributed by atoms with Crippen molar-refractivity contribution in [2.45, 2.75) is 0 Å². The van der Waals surface area contributed by atoms with Gasteiger partial charge in [0.2, 0.25) is 0 Å². The molecule has 2 aromatic carbocycles. The monoisotopic (exact) mass is 682 g/mol. The minimum absolute atomic E-state index is 0.0312. The minimum atomic E-state index is -1.38. The standard InChI is InChI=1S/C32H30N2O15/c35-17-48-24-12-23(34(15-30(42)43)16-31(44)45)27(47-8-7-46-6-5-33(13-28(38)39)14-29(40)41)11-22(24)32-20-3-1-18(36)9-25(20)49-26-10-19(37)2-4-21(26)32/h1-4,9-12,17,36H,5-8,13-16H2,(H,38,39)(H,40,41)(H,42,43)(H,44,45). The molecule has 2 aliphatic rings. The number of hydrogen-bond acceptors (Lipinski definition) is 13. The van der Waals surface area contributed by atoms with Crippen LogP contribution in [0.5, 0.6) is 17.2 Å². The van der Waals surface area contributed by atoms with E-state index in [-0.39, 0.29) is 78.1 Å². The summed E-state index contributed by atoms with van der Waals surface area (Å²) < 4.78 is 22.7. The van der Waals surface area contributed by atoms with Crippen molar-refractivity contribution in [1.29, 1.82) is 0 Å². The summed E-state index contributed by atoms with van der Waals surface area (Å²) in [4.78, 5) is 71.6. The molecule has 1 aliphatic carbocycles. The first-order chi connectivity index (χ1) is 23.4. The van der Waals surface area contributed by atoms with Crippen LogP contribution in [0.3, 0.4) is 0 Å². The first kappa shape index (κ1) is 35.7. The number of carbonyl (C=O) groups is 5. The Bertz CT molecular complexity index is 1870. The van der Waals surface area contributed by atoms with Gasteiger partial charge in [-0.15, -0.1) is 0 Å². The largest absolute Gasteiger partial charge is 0.508 e. The van der Waals surface area contributed by atoms with Gasteiger partial charge in [0.25, 0.3) is 6.47 Å². The summed E-state index contributed by atoms with van der Waals surface area (Å²) in [5.74, 6) is -5.41. The van der Waals surface area contributed by atoms with Gasteiger partial charge in [0.05, 0.1) is 32.0 Å². The third-order valence-corrected chi connectivity index (χ3v) is 6.93. The second-order valence-corrected chi connectivity index (χ2v) is 10.4. The highest BCUT2D eigenvalue weighted by molar-refractivity contribution is 6.04. The van der Waals surface area contributed by atoms with Gasteiger partial charge in [0.15, 0.2) is 5.43 Å². The number of fused-ring (bicyclic) bond motifs is 2. The van der Waals surface area contributed by atoms with E-state index in [0.29, 0.717) is 16.5 Å². The lowest BCUT2D eigenvalue weighted by molar-refractivity contribution is -0.142. The number of phenols is 1. The minimum Gasteiger partial charge on any atom is -0.508 e. The fraction of sp³-hybridized carbons (Fsp3) is 0.250. The molecule has 2 aromatic rings. The quantitative estimate of drug-likeness (QED) is 0.0535. The van der Waals surface area contributed by atoms with Gasteiger partial charge in [-0.1, -0.05) is 0 Å². The van der Waals surface area contributed by atoms with E-state index in [1.807, 2.05) is 0 Å². The molecule has 0 saturated carbocycles. The average Bonchev–Trinajstić information content (AvgIpc) is 3.00. The third-order valence-electron chi connectivity index (χ3n) is 6.93. The van der Waals surface area contributed by atoms with Gasteiger partial charge in [-0.05, 0) is 30.3 Å². The molecule has 1 heterocycles. The van der Waals surface area contributed by atoms with E-state index < -0.39 is 50.1 Å². The Balaban J connectivity index is 1.78. The smallest absolute Gasteiger partial charge is 0.323 e. The van der Waals surface area contributed by atoms with Gasteiger partial charge in [0.1, 0.15) is 48.3 Å². The fourth-order valence-electron chi connectivity index (χ4n) is 5.06. The van der Waals surface area contributed by atoms with Crippen LogP contribution in [0.25, 0.3) is 33.4 Å². The summed E-state index contributed by atoms with van der Waals surface area (Å²) in [6, 6.07) is 10.8. The van der Waals surface area contributed by atoms with E-state index in [1.165, 1.54) is 48.5 Å². The van der Waals surface area contributed by atoms with Crippen molar-refractivity contribution in [3.05, 3.63) is 58.8 Å². The zero-order valence-corrected chi connectivity index (χ0v) is 25.6. The Labute approximate surface area is 276 Å². The number of aromatic hydroxyl groups is 1. The van der Waals surface area contributed by atoms with Crippen LogP contribution in [0.2, 0.25) is 0 Å². The van der Waals surface area contributed by atoms with E-state index in [0.717, 1.165) is 9.80 Å². The van der Waals surface area contributed by atoms with Crippen molar-refractivity contribution >= 4 is 47.0 Å². The second kappa shape index (κ2) is 16.1. The molecule has 17 nitrogen and oxygen atoms in total. The lowest BCUT2D eigenvalue weighted by Crippen LogP contribution is -2.37. The third kappa shape index (κ3) is 9.43. The van der Waals surface area contributed by atoms with Crippen LogP contribution in [0.4, 0.5) is 5.69 Å². The predicted molar refractivity (Wildman–Crippen MR) is 168 cm³/mol.